The Balaban J connectivity index is 3.47. The topological polar surface area (TPSA) is 60.2 Å². The Labute approximate surface area is 86.5 Å². The van der Waals surface area contributed by atoms with Gasteiger partial charge in [-0.3, -0.25) is 0 Å². The summed E-state index contributed by atoms with van der Waals surface area (Å²) >= 11 is 11.4. The van der Waals surface area contributed by atoms with Gasteiger partial charge in [-0.05, 0) is 24.6 Å². The van der Waals surface area contributed by atoms with Crippen LogP contribution in [0, 0.1) is 6.92 Å². The maximum absolute atomic E-state index is 10.9. The van der Waals surface area contributed by atoms with Crippen molar-refractivity contribution in [3.8, 4) is 0 Å². The van der Waals surface area contributed by atoms with Crippen molar-refractivity contribution in [3.05, 3.63) is 27.7 Å². The van der Waals surface area contributed by atoms with E-state index in [0.29, 0.717) is 5.56 Å². The highest BCUT2D eigenvalue weighted by Gasteiger charge is 2.11. The van der Waals surface area contributed by atoms with Gasteiger partial charge < -0.3 is 0 Å². The molecule has 0 saturated carbocycles. The minimum absolute atomic E-state index is 0.0758. The normalized spacial score (nSPS) is 11.7. The molecule has 0 saturated heterocycles. The fourth-order valence-corrected chi connectivity index (χ4v) is 1.97. The average Bonchev–Trinajstić information content (AvgIpc) is 1.97. The van der Waals surface area contributed by atoms with Crippen molar-refractivity contribution in [2.24, 2.45) is 5.14 Å². The number of sulfonamides is 1. The third kappa shape index (κ3) is 2.34. The molecule has 72 valence electrons. The number of hydrogen-bond acceptors (Lipinski definition) is 2. The fraction of sp³-hybridized carbons (Fsp3) is 0.143. The predicted octanol–water partition coefficient (Wildman–Crippen LogP) is 1.95. The van der Waals surface area contributed by atoms with Crippen LogP contribution in [0.4, 0.5) is 0 Å². The summed E-state index contributed by atoms with van der Waals surface area (Å²) < 4.78 is 21.8. The smallest absolute Gasteiger partial charge is 0.225 e. The highest BCUT2D eigenvalue weighted by atomic mass is 35.5. The van der Waals surface area contributed by atoms with E-state index in [4.69, 9.17) is 28.3 Å². The van der Waals surface area contributed by atoms with Gasteiger partial charge in [-0.2, -0.15) is 0 Å². The summed E-state index contributed by atoms with van der Waals surface area (Å²) in [6.45, 7) is 1.69. The lowest BCUT2D eigenvalue weighted by molar-refractivity contribution is 0.598. The van der Waals surface area contributed by atoms with E-state index in [-0.39, 0.29) is 14.9 Å². The number of hydrogen-bond donors (Lipinski definition) is 1. The molecule has 3 nitrogen and oxygen atoms in total. The molecule has 1 aromatic rings. The van der Waals surface area contributed by atoms with Crippen molar-refractivity contribution in [1.82, 2.24) is 0 Å². The molecule has 0 fully saturated rings. The van der Waals surface area contributed by atoms with Crippen molar-refractivity contribution < 1.29 is 8.42 Å². The van der Waals surface area contributed by atoms with Gasteiger partial charge in [0.15, 0.2) is 0 Å². The van der Waals surface area contributed by atoms with Crippen molar-refractivity contribution >= 4 is 33.2 Å². The number of benzene rings is 1. The first-order valence-corrected chi connectivity index (χ1v) is 5.61. The average molecular weight is 240 g/mol. The molecule has 0 radical (unpaired) electrons. The van der Waals surface area contributed by atoms with E-state index in [1.54, 1.807) is 6.92 Å². The van der Waals surface area contributed by atoms with Crippen LogP contribution in [0.1, 0.15) is 5.56 Å². The molecular weight excluding hydrogens is 233 g/mol. The van der Waals surface area contributed by atoms with Gasteiger partial charge in [-0.1, -0.05) is 23.2 Å². The van der Waals surface area contributed by atoms with Crippen LogP contribution >= 0.6 is 23.2 Å². The molecule has 1 aromatic carbocycles. The van der Waals surface area contributed by atoms with Gasteiger partial charge in [0.1, 0.15) is 0 Å². The van der Waals surface area contributed by atoms with Crippen LogP contribution in [0.2, 0.25) is 10.0 Å². The van der Waals surface area contributed by atoms with Crippen LogP contribution in [0.3, 0.4) is 0 Å². The Bertz CT molecular complexity index is 419. The van der Waals surface area contributed by atoms with E-state index in [2.05, 4.69) is 0 Å². The van der Waals surface area contributed by atoms with Crippen molar-refractivity contribution in [3.63, 3.8) is 0 Å². The van der Waals surface area contributed by atoms with E-state index in [9.17, 15) is 8.42 Å². The summed E-state index contributed by atoms with van der Waals surface area (Å²) in [4.78, 5) is -0.0758. The van der Waals surface area contributed by atoms with E-state index in [1.165, 1.54) is 12.1 Å². The zero-order valence-corrected chi connectivity index (χ0v) is 9.04. The molecule has 0 unspecified atom stereocenters. The lowest BCUT2D eigenvalue weighted by Crippen LogP contribution is -2.12. The lowest BCUT2D eigenvalue weighted by atomic mass is 10.2. The lowest BCUT2D eigenvalue weighted by Gasteiger charge is -2.03. The second-order valence-electron chi connectivity index (χ2n) is 2.56. The molecule has 0 aromatic heterocycles. The van der Waals surface area contributed by atoms with Crippen LogP contribution in [0.5, 0.6) is 0 Å². The monoisotopic (exact) mass is 239 g/mol. The number of rotatable bonds is 1. The zero-order chi connectivity index (χ0) is 10.2. The van der Waals surface area contributed by atoms with Crippen LogP contribution in [0.25, 0.3) is 0 Å². The van der Waals surface area contributed by atoms with Crippen LogP contribution < -0.4 is 5.14 Å². The van der Waals surface area contributed by atoms with Gasteiger partial charge in [0.25, 0.3) is 0 Å². The maximum Gasteiger partial charge on any atom is 0.238 e. The van der Waals surface area contributed by atoms with Gasteiger partial charge in [0.2, 0.25) is 10.0 Å². The third-order valence-corrected chi connectivity index (χ3v) is 3.26. The van der Waals surface area contributed by atoms with Gasteiger partial charge in [0, 0.05) is 10.0 Å². The zero-order valence-electron chi connectivity index (χ0n) is 6.71. The van der Waals surface area contributed by atoms with Gasteiger partial charge in [0.05, 0.1) is 4.90 Å². The Morgan fingerprint density at radius 3 is 1.92 bits per heavy atom. The van der Waals surface area contributed by atoms with Gasteiger partial charge in [-0.15, -0.1) is 0 Å². The minimum Gasteiger partial charge on any atom is -0.225 e. The largest absolute Gasteiger partial charge is 0.238 e. The first-order chi connectivity index (χ1) is 5.82. The van der Waals surface area contributed by atoms with Crippen LogP contribution in [-0.4, -0.2) is 8.42 Å². The summed E-state index contributed by atoms with van der Waals surface area (Å²) in [5.41, 5.74) is 0.635. The highest BCUT2D eigenvalue weighted by Crippen LogP contribution is 2.26. The Morgan fingerprint density at radius 2 is 1.62 bits per heavy atom. The summed E-state index contributed by atoms with van der Waals surface area (Å²) in [6, 6.07) is 2.55. The Morgan fingerprint density at radius 1 is 1.23 bits per heavy atom. The summed E-state index contributed by atoms with van der Waals surface area (Å²) in [5, 5.41) is 5.48. The number of primary sulfonamides is 1. The molecule has 0 aliphatic rings. The van der Waals surface area contributed by atoms with Crippen LogP contribution in [0.15, 0.2) is 17.0 Å². The summed E-state index contributed by atoms with van der Waals surface area (Å²) in [6.07, 6.45) is 0. The second kappa shape index (κ2) is 3.46. The molecule has 0 spiro atoms. The molecule has 0 aliphatic heterocycles. The van der Waals surface area contributed by atoms with Crippen molar-refractivity contribution in [2.45, 2.75) is 11.8 Å². The first-order valence-electron chi connectivity index (χ1n) is 3.31. The highest BCUT2D eigenvalue weighted by molar-refractivity contribution is 7.89. The third-order valence-electron chi connectivity index (χ3n) is 1.58. The molecule has 0 atom stereocenters. The minimum atomic E-state index is -3.73. The van der Waals surface area contributed by atoms with E-state index in [1.807, 2.05) is 0 Å². The summed E-state index contributed by atoms with van der Waals surface area (Å²) in [7, 11) is -3.73. The molecule has 2 N–H and O–H groups in total. The van der Waals surface area contributed by atoms with E-state index >= 15 is 0 Å². The molecular formula is C7H7Cl2NO2S. The maximum atomic E-state index is 10.9. The SMILES string of the molecule is Cc1c(Cl)cc(S(N)(=O)=O)cc1Cl. The van der Waals surface area contributed by atoms with E-state index in [0.717, 1.165) is 0 Å². The quantitative estimate of drug-likeness (QED) is 0.815. The second-order valence-corrected chi connectivity index (χ2v) is 4.93. The summed E-state index contributed by atoms with van der Waals surface area (Å²) in [5.74, 6) is 0. The number of nitrogens with two attached hydrogens (primary N) is 1. The first kappa shape index (κ1) is 10.8. The van der Waals surface area contributed by atoms with Gasteiger partial charge >= 0.3 is 0 Å². The Kier molecular flexibility index (Phi) is 2.87. The molecule has 0 heterocycles. The molecule has 1 rings (SSSR count). The molecule has 0 amide bonds. The van der Waals surface area contributed by atoms with E-state index < -0.39 is 10.0 Å². The number of halogens is 2. The fourth-order valence-electron chi connectivity index (χ4n) is 0.786. The van der Waals surface area contributed by atoms with Crippen molar-refractivity contribution in [2.75, 3.05) is 0 Å². The van der Waals surface area contributed by atoms with Gasteiger partial charge in [-0.25, -0.2) is 13.6 Å². The molecule has 13 heavy (non-hydrogen) atoms. The predicted molar refractivity (Wildman–Crippen MR) is 52.6 cm³/mol. The standard InChI is InChI=1S/C7H7Cl2NO2S/c1-4-6(8)2-5(3-7(4)9)13(10,11)12/h2-3H,1H3,(H2,10,11,12). The molecule has 6 heteroatoms. The van der Waals surface area contributed by atoms with Crippen LogP contribution in [-0.2, 0) is 10.0 Å². The molecule has 0 bridgehead atoms. The van der Waals surface area contributed by atoms with Crippen molar-refractivity contribution in [1.29, 1.82) is 0 Å². The molecule has 0 aliphatic carbocycles. The Hall–Kier alpha value is -0.290.